The average molecular weight is 330 g/mol. The number of hydrogen-bond donors (Lipinski definition) is 1. The predicted molar refractivity (Wildman–Crippen MR) is 88.9 cm³/mol. The highest BCUT2D eigenvalue weighted by Gasteiger charge is 2.39. The molecule has 0 bridgehead atoms. The van der Waals surface area contributed by atoms with Gasteiger partial charge in [-0.05, 0) is 50.8 Å². The van der Waals surface area contributed by atoms with Crippen LogP contribution in [0.2, 0.25) is 10.0 Å². The van der Waals surface area contributed by atoms with Crippen LogP contribution in [0.1, 0.15) is 32.6 Å². The van der Waals surface area contributed by atoms with Gasteiger partial charge in [0.2, 0.25) is 0 Å². The van der Waals surface area contributed by atoms with E-state index in [0.29, 0.717) is 21.8 Å². The molecule has 0 heterocycles. The molecule has 21 heavy (non-hydrogen) atoms. The third-order valence-corrected chi connectivity index (χ3v) is 5.21. The Morgan fingerprint density at radius 3 is 2.24 bits per heavy atom. The van der Waals surface area contributed by atoms with Crippen molar-refractivity contribution in [3.63, 3.8) is 0 Å². The summed E-state index contributed by atoms with van der Waals surface area (Å²) in [4.78, 5) is 12.5. The van der Waals surface area contributed by atoms with Crippen molar-refractivity contribution in [2.24, 2.45) is 0 Å². The first-order valence-electron chi connectivity index (χ1n) is 7.41. The highest BCUT2D eigenvalue weighted by Crippen LogP contribution is 2.29. The third kappa shape index (κ3) is 3.91. The maximum atomic E-state index is 12.5. The average Bonchev–Trinajstić information content (AvgIpc) is 2.90. The Labute approximate surface area is 136 Å². The van der Waals surface area contributed by atoms with Gasteiger partial charge >= 0.3 is 0 Å². The number of likely N-dealkylation sites (N-methyl/N-ethyl adjacent to an activating group) is 1. The number of quaternary nitrogens is 1. The molecular formula is C16H23Cl2N2O+. The molecule has 1 fully saturated rings. The Bertz CT molecular complexity index is 505. The molecule has 0 unspecified atom stereocenters. The first-order valence-corrected chi connectivity index (χ1v) is 8.16. The normalized spacial score (nSPS) is 17.8. The summed E-state index contributed by atoms with van der Waals surface area (Å²) >= 11 is 11.9. The molecule has 0 saturated heterocycles. The lowest BCUT2D eigenvalue weighted by atomic mass is 10.1. The Morgan fingerprint density at radius 1 is 1.19 bits per heavy atom. The molecular weight excluding hydrogens is 307 g/mol. The van der Waals surface area contributed by atoms with E-state index in [1.165, 1.54) is 25.7 Å². The summed E-state index contributed by atoms with van der Waals surface area (Å²) in [5.74, 6) is 0.00485. The fourth-order valence-electron chi connectivity index (χ4n) is 3.06. The van der Waals surface area contributed by atoms with E-state index in [4.69, 9.17) is 23.2 Å². The molecule has 0 spiro atoms. The summed E-state index contributed by atoms with van der Waals surface area (Å²) in [5.41, 5.74) is 0.649. The molecule has 1 aliphatic carbocycles. The molecule has 0 radical (unpaired) electrons. The minimum Gasteiger partial charge on any atom is -0.321 e. The molecule has 3 nitrogen and oxygen atoms in total. The fourth-order valence-corrected chi connectivity index (χ4v) is 3.59. The van der Waals surface area contributed by atoms with Crippen LogP contribution >= 0.6 is 23.2 Å². The number of benzene rings is 1. The Hall–Kier alpha value is -0.770. The van der Waals surface area contributed by atoms with Crippen molar-refractivity contribution in [3.8, 4) is 0 Å². The standard InChI is InChI=1S/C16H22Cl2N2O/c1-11(20(2,3)15-6-4-5-7-15)16(21)19-14-9-12(17)8-13(18)10-14/h8-11,15H,4-7H2,1-3H3/p+1/t11-/m0/s1. The number of halogens is 2. The summed E-state index contributed by atoms with van der Waals surface area (Å²) in [6.45, 7) is 1.99. The summed E-state index contributed by atoms with van der Waals surface area (Å²) in [5, 5.41) is 3.98. The summed E-state index contributed by atoms with van der Waals surface area (Å²) in [6, 6.07) is 5.53. The van der Waals surface area contributed by atoms with E-state index in [9.17, 15) is 4.79 Å². The van der Waals surface area contributed by atoms with E-state index in [1.54, 1.807) is 18.2 Å². The number of hydrogen-bond acceptors (Lipinski definition) is 1. The summed E-state index contributed by atoms with van der Waals surface area (Å²) in [6.07, 6.45) is 4.94. The van der Waals surface area contributed by atoms with Gasteiger partial charge in [0, 0.05) is 15.7 Å². The second-order valence-electron chi connectivity index (χ2n) is 6.39. The van der Waals surface area contributed by atoms with Crippen LogP contribution in [0.4, 0.5) is 5.69 Å². The highest BCUT2D eigenvalue weighted by atomic mass is 35.5. The number of amides is 1. The molecule has 1 atom stereocenters. The first-order chi connectivity index (χ1) is 9.80. The molecule has 1 aromatic carbocycles. The molecule has 1 saturated carbocycles. The van der Waals surface area contributed by atoms with Gasteiger partial charge in [0.25, 0.3) is 5.91 Å². The van der Waals surface area contributed by atoms with Crippen LogP contribution in [0.25, 0.3) is 0 Å². The highest BCUT2D eigenvalue weighted by molar-refractivity contribution is 6.35. The van der Waals surface area contributed by atoms with Crippen molar-refractivity contribution in [2.45, 2.75) is 44.7 Å². The summed E-state index contributed by atoms with van der Waals surface area (Å²) in [7, 11) is 4.29. The molecule has 1 aromatic rings. The summed E-state index contributed by atoms with van der Waals surface area (Å²) < 4.78 is 0.722. The van der Waals surface area contributed by atoms with Crippen LogP contribution in [0.3, 0.4) is 0 Å². The SMILES string of the molecule is C[C@@H](C(=O)Nc1cc(Cl)cc(Cl)c1)[N+](C)(C)C1CCCC1. The van der Waals surface area contributed by atoms with Crippen molar-refractivity contribution in [1.29, 1.82) is 0 Å². The second kappa shape index (κ2) is 6.55. The van der Waals surface area contributed by atoms with Gasteiger partial charge in [0.1, 0.15) is 0 Å². The van der Waals surface area contributed by atoms with Gasteiger partial charge in [-0.3, -0.25) is 4.79 Å². The van der Waals surface area contributed by atoms with Crippen LogP contribution < -0.4 is 5.32 Å². The lowest BCUT2D eigenvalue weighted by Crippen LogP contribution is -2.57. The van der Waals surface area contributed by atoms with Gasteiger partial charge in [-0.25, -0.2) is 0 Å². The zero-order valence-corrected chi connectivity index (χ0v) is 14.3. The predicted octanol–water partition coefficient (Wildman–Crippen LogP) is 4.34. The van der Waals surface area contributed by atoms with Crippen LogP contribution in [0.15, 0.2) is 18.2 Å². The number of nitrogens with zero attached hydrogens (tertiary/aromatic N) is 1. The Balaban J connectivity index is 2.08. The van der Waals surface area contributed by atoms with Gasteiger partial charge < -0.3 is 9.80 Å². The van der Waals surface area contributed by atoms with Crippen molar-refractivity contribution in [3.05, 3.63) is 28.2 Å². The second-order valence-corrected chi connectivity index (χ2v) is 7.26. The fraction of sp³-hybridized carbons (Fsp3) is 0.562. The monoisotopic (exact) mass is 329 g/mol. The third-order valence-electron chi connectivity index (χ3n) is 4.77. The lowest BCUT2D eigenvalue weighted by molar-refractivity contribution is -0.927. The maximum absolute atomic E-state index is 12.5. The van der Waals surface area contributed by atoms with E-state index in [1.807, 2.05) is 6.92 Å². The zero-order valence-electron chi connectivity index (χ0n) is 12.8. The molecule has 1 amide bonds. The quantitative estimate of drug-likeness (QED) is 0.818. The smallest absolute Gasteiger partial charge is 0.282 e. The van der Waals surface area contributed by atoms with E-state index < -0.39 is 0 Å². The van der Waals surface area contributed by atoms with Crippen molar-refractivity contribution in [2.75, 3.05) is 19.4 Å². The van der Waals surface area contributed by atoms with Gasteiger partial charge in [-0.15, -0.1) is 0 Å². The van der Waals surface area contributed by atoms with E-state index in [0.717, 1.165) is 4.48 Å². The number of carbonyl (C=O) groups is 1. The van der Waals surface area contributed by atoms with Crippen molar-refractivity contribution < 1.29 is 9.28 Å². The van der Waals surface area contributed by atoms with Gasteiger partial charge in [0.15, 0.2) is 6.04 Å². The maximum Gasteiger partial charge on any atom is 0.282 e. The Morgan fingerprint density at radius 2 is 1.71 bits per heavy atom. The van der Waals surface area contributed by atoms with Crippen LogP contribution in [0.5, 0.6) is 0 Å². The van der Waals surface area contributed by atoms with Crippen LogP contribution in [-0.2, 0) is 4.79 Å². The van der Waals surface area contributed by atoms with Crippen molar-refractivity contribution >= 4 is 34.8 Å². The lowest BCUT2D eigenvalue weighted by Gasteiger charge is -2.40. The van der Waals surface area contributed by atoms with E-state index >= 15 is 0 Å². The molecule has 116 valence electrons. The number of carbonyl (C=O) groups excluding carboxylic acids is 1. The van der Waals surface area contributed by atoms with Crippen molar-refractivity contribution in [1.82, 2.24) is 0 Å². The first kappa shape index (κ1) is 16.6. The van der Waals surface area contributed by atoms with Crippen LogP contribution in [0, 0.1) is 0 Å². The van der Waals surface area contributed by atoms with E-state index in [-0.39, 0.29) is 11.9 Å². The van der Waals surface area contributed by atoms with E-state index in [2.05, 4.69) is 19.4 Å². The van der Waals surface area contributed by atoms with Gasteiger partial charge in [-0.2, -0.15) is 0 Å². The topological polar surface area (TPSA) is 29.1 Å². The zero-order chi connectivity index (χ0) is 15.6. The molecule has 1 aliphatic rings. The van der Waals surface area contributed by atoms with Crippen LogP contribution in [-0.4, -0.2) is 36.6 Å². The molecule has 0 aliphatic heterocycles. The van der Waals surface area contributed by atoms with Gasteiger partial charge in [-0.1, -0.05) is 23.2 Å². The Kier molecular flexibility index (Phi) is 5.18. The number of anilines is 1. The number of nitrogens with one attached hydrogen (secondary N) is 1. The molecule has 1 N–H and O–H groups in total. The van der Waals surface area contributed by atoms with Gasteiger partial charge in [0.05, 0.1) is 20.1 Å². The molecule has 0 aromatic heterocycles. The minimum atomic E-state index is -0.120. The largest absolute Gasteiger partial charge is 0.321 e. The molecule has 5 heteroatoms. The minimum absolute atomic E-state index is 0.00485. The number of rotatable bonds is 4. The molecule has 2 rings (SSSR count).